The van der Waals surface area contributed by atoms with Gasteiger partial charge in [0.2, 0.25) is 5.91 Å². The quantitative estimate of drug-likeness (QED) is 0.795. The van der Waals surface area contributed by atoms with Crippen molar-refractivity contribution in [2.24, 2.45) is 0 Å². The van der Waals surface area contributed by atoms with Crippen LogP contribution >= 0.6 is 11.6 Å². The number of anilines is 1. The molecule has 1 aliphatic carbocycles. The number of carbonyl (C=O) groups is 1. The maximum absolute atomic E-state index is 11.4. The summed E-state index contributed by atoms with van der Waals surface area (Å²) >= 11 is 6.07. The summed E-state index contributed by atoms with van der Waals surface area (Å²) in [5.74, 6) is 0.413. The van der Waals surface area contributed by atoms with E-state index in [0.29, 0.717) is 5.92 Å². The molecule has 0 spiro atoms. The van der Waals surface area contributed by atoms with Crippen LogP contribution in [0.25, 0.3) is 0 Å². The lowest BCUT2D eigenvalue weighted by molar-refractivity contribution is -0.114. The van der Waals surface area contributed by atoms with Crippen molar-refractivity contribution in [3.05, 3.63) is 64.2 Å². The number of carbonyl (C=O) groups excluding carboxylic acids is 1. The van der Waals surface area contributed by atoms with E-state index in [1.807, 2.05) is 18.2 Å². The number of fused-ring (bicyclic) bond motifs is 1. The number of amides is 1. The minimum absolute atomic E-state index is 0.0395. The largest absolute Gasteiger partial charge is 0.393 e. The molecule has 1 saturated heterocycles. The van der Waals surface area contributed by atoms with Gasteiger partial charge in [-0.3, -0.25) is 9.69 Å². The second-order valence-corrected chi connectivity index (χ2v) is 8.51. The Morgan fingerprint density at radius 2 is 2.00 bits per heavy atom. The second kappa shape index (κ2) is 8.24. The predicted octanol–water partition coefficient (Wildman–Crippen LogP) is 4.53. The zero-order valence-corrected chi connectivity index (χ0v) is 17.0. The molecule has 28 heavy (non-hydrogen) atoms. The van der Waals surface area contributed by atoms with Crippen LogP contribution in [0.4, 0.5) is 5.69 Å². The topological polar surface area (TPSA) is 52.6 Å². The highest BCUT2D eigenvalue weighted by Crippen LogP contribution is 2.39. The number of aryl methyl sites for hydroxylation is 1. The van der Waals surface area contributed by atoms with Crippen molar-refractivity contribution in [3.8, 4) is 0 Å². The van der Waals surface area contributed by atoms with Gasteiger partial charge in [0, 0.05) is 36.8 Å². The summed E-state index contributed by atoms with van der Waals surface area (Å²) in [7, 11) is 0. The number of piperidine rings is 1. The van der Waals surface area contributed by atoms with Crippen LogP contribution in [-0.4, -0.2) is 35.1 Å². The van der Waals surface area contributed by atoms with Crippen LogP contribution in [0.3, 0.4) is 0 Å². The first-order valence-electron chi connectivity index (χ1n) is 10.1. The molecule has 148 valence electrons. The van der Waals surface area contributed by atoms with Gasteiger partial charge in [-0.1, -0.05) is 29.8 Å². The number of likely N-dealkylation sites (tertiary alicyclic amines) is 1. The number of rotatable bonds is 4. The fourth-order valence-electron chi connectivity index (χ4n) is 4.69. The van der Waals surface area contributed by atoms with Gasteiger partial charge in [-0.05, 0) is 72.6 Å². The van der Waals surface area contributed by atoms with Gasteiger partial charge in [0.15, 0.2) is 0 Å². The van der Waals surface area contributed by atoms with E-state index < -0.39 is 0 Å². The number of halogens is 1. The first-order valence-corrected chi connectivity index (χ1v) is 10.5. The van der Waals surface area contributed by atoms with Crippen molar-refractivity contribution in [2.75, 3.05) is 18.4 Å². The van der Waals surface area contributed by atoms with Gasteiger partial charge in [-0.15, -0.1) is 0 Å². The molecular formula is C23H27ClN2O2. The maximum Gasteiger partial charge on any atom is 0.221 e. The van der Waals surface area contributed by atoms with Crippen molar-refractivity contribution in [2.45, 2.75) is 50.7 Å². The van der Waals surface area contributed by atoms with E-state index in [4.69, 9.17) is 11.6 Å². The standard InChI is InChI=1S/C23H27ClN2O2/c1-15(27)25-20-9-6-16-2-3-18(22(16)12-20)14-26-11-10-21(28)13-23(26)17-4-7-19(24)8-5-17/h4-9,12,18,21,23,28H,2-3,10-11,13-14H2,1H3,(H,25,27). The third-order valence-electron chi connectivity index (χ3n) is 6.06. The molecule has 2 N–H and O–H groups in total. The summed E-state index contributed by atoms with van der Waals surface area (Å²) in [6, 6.07) is 14.5. The van der Waals surface area contributed by atoms with Gasteiger partial charge in [-0.2, -0.15) is 0 Å². The lowest BCUT2D eigenvalue weighted by Gasteiger charge is -2.39. The molecule has 1 heterocycles. The average Bonchev–Trinajstić information content (AvgIpc) is 3.05. The van der Waals surface area contributed by atoms with Gasteiger partial charge in [-0.25, -0.2) is 0 Å². The zero-order valence-electron chi connectivity index (χ0n) is 16.2. The highest BCUT2D eigenvalue weighted by Gasteiger charge is 2.32. The van der Waals surface area contributed by atoms with Crippen LogP contribution in [0.2, 0.25) is 5.02 Å². The third-order valence-corrected chi connectivity index (χ3v) is 6.32. The molecule has 0 saturated carbocycles. The van der Waals surface area contributed by atoms with E-state index in [1.54, 1.807) is 6.92 Å². The van der Waals surface area contributed by atoms with Crippen LogP contribution in [0.5, 0.6) is 0 Å². The Morgan fingerprint density at radius 1 is 1.21 bits per heavy atom. The number of hydrogen-bond donors (Lipinski definition) is 2. The van der Waals surface area contributed by atoms with Crippen molar-refractivity contribution >= 4 is 23.2 Å². The van der Waals surface area contributed by atoms with Crippen molar-refractivity contribution in [1.29, 1.82) is 0 Å². The first kappa shape index (κ1) is 19.4. The van der Waals surface area contributed by atoms with Crippen LogP contribution in [0.15, 0.2) is 42.5 Å². The molecule has 5 heteroatoms. The van der Waals surface area contributed by atoms with Crippen LogP contribution < -0.4 is 5.32 Å². The Kier molecular flexibility index (Phi) is 5.72. The summed E-state index contributed by atoms with van der Waals surface area (Å²) < 4.78 is 0. The van der Waals surface area contributed by atoms with E-state index in [1.165, 1.54) is 16.7 Å². The van der Waals surface area contributed by atoms with Crippen LogP contribution in [-0.2, 0) is 11.2 Å². The molecule has 2 aromatic carbocycles. The van der Waals surface area contributed by atoms with Gasteiger partial charge in [0.1, 0.15) is 0 Å². The predicted molar refractivity (Wildman–Crippen MR) is 113 cm³/mol. The summed E-state index contributed by atoms with van der Waals surface area (Å²) in [5.41, 5.74) is 4.83. The molecular weight excluding hydrogens is 372 g/mol. The van der Waals surface area contributed by atoms with E-state index in [0.717, 1.165) is 49.5 Å². The second-order valence-electron chi connectivity index (χ2n) is 8.07. The Morgan fingerprint density at radius 3 is 2.75 bits per heavy atom. The van der Waals surface area contributed by atoms with Gasteiger partial charge < -0.3 is 10.4 Å². The van der Waals surface area contributed by atoms with Crippen molar-refractivity contribution < 1.29 is 9.90 Å². The Balaban J connectivity index is 1.55. The van der Waals surface area contributed by atoms with Crippen LogP contribution in [0.1, 0.15) is 54.8 Å². The first-order chi connectivity index (χ1) is 13.5. The molecule has 2 aliphatic rings. The summed E-state index contributed by atoms with van der Waals surface area (Å²) in [4.78, 5) is 13.9. The van der Waals surface area contributed by atoms with Gasteiger partial charge >= 0.3 is 0 Å². The molecule has 0 radical (unpaired) electrons. The normalized spacial score (nSPS) is 24.8. The third kappa shape index (κ3) is 4.24. The molecule has 2 aromatic rings. The molecule has 3 atom stereocenters. The highest BCUT2D eigenvalue weighted by atomic mass is 35.5. The lowest BCUT2D eigenvalue weighted by atomic mass is 9.91. The van der Waals surface area contributed by atoms with E-state index >= 15 is 0 Å². The number of benzene rings is 2. The van der Waals surface area contributed by atoms with Crippen molar-refractivity contribution in [3.63, 3.8) is 0 Å². The molecule has 4 nitrogen and oxygen atoms in total. The summed E-state index contributed by atoms with van der Waals surface area (Å²) in [6.45, 7) is 3.41. The molecule has 0 aromatic heterocycles. The number of aliphatic hydroxyl groups excluding tert-OH is 1. The fourth-order valence-corrected chi connectivity index (χ4v) is 4.81. The molecule has 4 rings (SSSR count). The van der Waals surface area contributed by atoms with Gasteiger partial charge in [0.25, 0.3) is 0 Å². The smallest absolute Gasteiger partial charge is 0.221 e. The average molecular weight is 399 g/mol. The molecule has 0 bridgehead atoms. The Hall–Kier alpha value is -1.88. The van der Waals surface area contributed by atoms with E-state index in [-0.39, 0.29) is 18.1 Å². The van der Waals surface area contributed by atoms with Gasteiger partial charge in [0.05, 0.1) is 6.10 Å². The number of nitrogens with one attached hydrogen (secondary N) is 1. The summed E-state index contributed by atoms with van der Waals surface area (Å²) in [6.07, 6.45) is 3.54. The van der Waals surface area contributed by atoms with Crippen molar-refractivity contribution in [1.82, 2.24) is 4.90 Å². The van der Waals surface area contributed by atoms with Crippen LogP contribution in [0, 0.1) is 0 Å². The minimum atomic E-state index is -0.251. The molecule has 1 amide bonds. The number of aliphatic hydroxyl groups is 1. The Labute approximate surface area is 171 Å². The lowest BCUT2D eigenvalue weighted by Crippen LogP contribution is -2.40. The number of hydrogen-bond acceptors (Lipinski definition) is 3. The van der Waals surface area contributed by atoms with E-state index in [2.05, 4.69) is 34.5 Å². The molecule has 1 fully saturated rings. The fraction of sp³-hybridized carbons (Fsp3) is 0.435. The summed E-state index contributed by atoms with van der Waals surface area (Å²) in [5, 5.41) is 13.9. The number of nitrogens with zero attached hydrogens (tertiary/aromatic N) is 1. The zero-order chi connectivity index (χ0) is 19.7. The Bertz CT molecular complexity index is 852. The SMILES string of the molecule is CC(=O)Nc1ccc2c(c1)C(CN1CCC(O)CC1c1ccc(Cl)cc1)CC2. The molecule has 1 aliphatic heterocycles. The highest BCUT2D eigenvalue weighted by molar-refractivity contribution is 6.30. The monoisotopic (exact) mass is 398 g/mol. The maximum atomic E-state index is 11.4. The minimum Gasteiger partial charge on any atom is -0.393 e. The van der Waals surface area contributed by atoms with E-state index in [9.17, 15) is 9.90 Å². The molecule has 3 unspecified atom stereocenters.